The molecule has 1 aliphatic carbocycles. The molecule has 2 N–H and O–H groups in total. The molecular weight excluding hydrogens is 299 g/mol. The molecule has 1 atom stereocenters. The number of halogens is 2. The lowest BCUT2D eigenvalue weighted by molar-refractivity contribution is -0.122. The molecule has 6 heteroatoms. The van der Waals surface area contributed by atoms with Gasteiger partial charge < -0.3 is 0 Å². The van der Waals surface area contributed by atoms with E-state index in [1.54, 1.807) is 6.07 Å². The minimum atomic E-state index is -0.493. The van der Waals surface area contributed by atoms with Gasteiger partial charge in [-0.1, -0.05) is 35.4 Å². The van der Waals surface area contributed by atoms with E-state index in [4.69, 9.17) is 23.2 Å². The van der Waals surface area contributed by atoms with Crippen molar-refractivity contribution in [3.05, 3.63) is 46.0 Å². The van der Waals surface area contributed by atoms with Gasteiger partial charge in [0.05, 0.1) is 10.6 Å². The van der Waals surface area contributed by atoms with E-state index in [-0.39, 0.29) is 22.4 Å². The average molecular weight is 313 g/mol. The van der Waals surface area contributed by atoms with Gasteiger partial charge in [0, 0.05) is 11.4 Å². The van der Waals surface area contributed by atoms with Crippen molar-refractivity contribution < 1.29 is 9.59 Å². The molecule has 0 saturated heterocycles. The topological polar surface area (TPSA) is 58.2 Å². The Morgan fingerprint density at radius 2 is 2.05 bits per heavy atom. The fourth-order valence-corrected chi connectivity index (χ4v) is 2.40. The maximum Gasteiger partial charge on any atom is 0.271 e. The molecular formula is C14H14Cl2N2O2. The van der Waals surface area contributed by atoms with Gasteiger partial charge in [0.1, 0.15) is 0 Å². The third kappa shape index (κ3) is 3.99. The number of rotatable bonds is 3. The van der Waals surface area contributed by atoms with Crippen molar-refractivity contribution in [2.75, 3.05) is 0 Å². The van der Waals surface area contributed by atoms with Crippen LogP contribution in [0.1, 0.15) is 29.6 Å². The van der Waals surface area contributed by atoms with E-state index in [9.17, 15) is 9.59 Å². The Labute approximate surface area is 127 Å². The summed E-state index contributed by atoms with van der Waals surface area (Å²) in [5, 5.41) is 0.682. The Morgan fingerprint density at radius 3 is 2.75 bits per heavy atom. The summed E-state index contributed by atoms with van der Waals surface area (Å²) in [4.78, 5) is 23.5. The van der Waals surface area contributed by atoms with Crippen LogP contribution in [0, 0.1) is 5.92 Å². The monoisotopic (exact) mass is 312 g/mol. The fourth-order valence-electron chi connectivity index (χ4n) is 2.02. The van der Waals surface area contributed by atoms with Crippen LogP contribution in [0.5, 0.6) is 0 Å². The van der Waals surface area contributed by atoms with E-state index in [0.717, 1.165) is 12.8 Å². The second-order valence-corrected chi connectivity index (χ2v) is 5.44. The molecule has 0 aromatic heterocycles. The van der Waals surface area contributed by atoms with E-state index < -0.39 is 5.91 Å². The lowest BCUT2D eigenvalue weighted by Gasteiger charge is -2.10. The standard InChI is InChI=1S/C14H14Cl2N2O2/c15-10-5-6-12(16)11(8-10)14(20)18-17-13(19)7-9-3-1-2-4-9/h1,3,5-6,8-9H,2,4,7H2,(H,17,19)(H,18,20)/t9-/m0/s1. The summed E-state index contributed by atoms with van der Waals surface area (Å²) in [6.45, 7) is 0. The quantitative estimate of drug-likeness (QED) is 0.665. The Kier molecular flexibility index (Phi) is 5.04. The van der Waals surface area contributed by atoms with E-state index in [1.165, 1.54) is 12.1 Å². The molecule has 0 unspecified atom stereocenters. The second-order valence-electron chi connectivity index (χ2n) is 4.60. The second kappa shape index (κ2) is 6.77. The summed E-state index contributed by atoms with van der Waals surface area (Å²) in [7, 11) is 0. The smallest absolute Gasteiger partial charge is 0.271 e. The van der Waals surface area contributed by atoms with Crippen LogP contribution in [0.15, 0.2) is 30.4 Å². The maximum atomic E-state index is 11.9. The molecule has 2 rings (SSSR count). The highest BCUT2D eigenvalue weighted by Gasteiger charge is 2.15. The largest absolute Gasteiger partial charge is 0.273 e. The normalized spacial score (nSPS) is 17.0. The van der Waals surface area contributed by atoms with Gasteiger partial charge in [0.15, 0.2) is 0 Å². The van der Waals surface area contributed by atoms with Gasteiger partial charge in [0.2, 0.25) is 5.91 Å². The highest BCUT2D eigenvalue weighted by molar-refractivity contribution is 6.35. The van der Waals surface area contributed by atoms with Gasteiger partial charge >= 0.3 is 0 Å². The van der Waals surface area contributed by atoms with Crippen molar-refractivity contribution in [1.82, 2.24) is 10.9 Å². The molecule has 0 saturated carbocycles. The van der Waals surface area contributed by atoms with Crippen LogP contribution >= 0.6 is 23.2 Å². The molecule has 2 amide bonds. The number of carbonyl (C=O) groups is 2. The summed E-state index contributed by atoms with van der Waals surface area (Å²) in [5.74, 6) is -0.470. The van der Waals surface area contributed by atoms with Gasteiger partial charge in [-0.15, -0.1) is 0 Å². The SMILES string of the molecule is O=C(C[C@H]1C=CCC1)NNC(=O)c1cc(Cl)ccc1Cl. The Bertz CT molecular complexity index is 558. The van der Waals surface area contributed by atoms with Crippen molar-refractivity contribution in [1.29, 1.82) is 0 Å². The molecule has 4 nitrogen and oxygen atoms in total. The number of nitrogens with one attached hydrogen (secondary N) is 2. The number of amides is 2. The molecule has 20 heavy (non-hydrogen) atoms. The first kappa shape index (κ1) is 14.9. The van der Waals surface area contributed by atoms with Gasteiger partial charge in [0.25, 0.3) is 5.91 Å². The van der Waals surface area contributed by atoms with Crippen LogP contribution in [0.3, 0.4) is 0 Å². The molecule has 0 fully saturated rings. The average Bonchev–Trinajstić information content (AvgIpc) is 2.91. The number of hydrogen-bond donors (Lipinski definition) is 2. The summed E-state index contributed by atoms with van der Waals surface area (Å²) in [5.41, 5.74) is 4.94. The van der Waals surface area contributed by atoms with Crippen LogP contribution < -0.4 is 10.9 Å². The van der Waals surface area contributed by atoms with Gasteiger partial charge in [-0.25, -0.2) is 0 Å². The summed E-state index contributed by atoms with van der Waals surface area (Å²) >= 11 is 11.7. The minimum absolute atomic E-state index is 0.222. The van der Waals surface area contributed by atoms with Crippen molar-refractivity contribution in [3.8, 4) is 0 Å². The molecule has 1 aromatic carbocycles. The third-order valence-electron chi connectivity index (χ3n) is 3.05. The highest BCUT2D eigenvalue weighted by Crippen LogP contribution is 2.21. The number of hydrogen-bond acceptors (Lipinski definition) is 2. The van der Waals surface area contributed by atoms with Crippen LogP contribution in [0.25, 0.3) is 0 Å². The first-order chi connectivity index (χ1) is 9.56. The van der Waals surface area contributed by atoms with Gasteiger partial charge in [-0.2, -0.15) is 0 Å². The third-order valence-corrected chi connectivity index (χ3v) is 3.61. The Balaban J connectivity index is 1.86. The molecule has 0 heterocycles. The van der Waals surface area contributed by atoms with E-state index >= 15 is 0 Å². The lowest BCUT2D eigenvalue weighted by atomic mass is 10.1. The maximum absolute atomic E-state index is 11.9. The predicted molar refractivity (Wildman–Crippen MR) is 78.6 cm³/mol. The Hall–Kier alpha value is -1.52. The molecule has 0 spiro atoms. The molecule has 106 valence electrons. The highest BCUT2D eigenvalue weighted by atomic mass is 35.5. The predicted octanol–water partition coefficient (Wildman–Crippen LogP) is 3.11. The number of allylic oxidation sites excluding steroid dienone is 2. The van der Waals surface area contributed by atoms with Crippen LogP contribution in [0.4, 0.5) is 0 Å². The van der Waals surface area contributed by atoms with Crippen molar-refractivity contribution in [3.63, 3.8) is 0 Å². The summed E-state index contributed by atoms with van der Waals surface area (Å²) in [6, 6.07) is 4.57. The van der Waals surface area contributed by atoms with Gasteiger partial charge in [-0.3, -0.25) is 20.4 Å². The first-order valence-electron chi connectivity index (χ1n) is 6.27. The molecule has 0 aliphatic heterocycles. The fraction of sp³-hybridized carbons (Fsp3) is 0.286. The van der Waals surface area contributed by atoms with E-state index in [2.05, 4.69) is 16.9 Å². The van der Waals surface area contributed by atoms with Gasteiger partial charge in [-0.05, 0) is 37.0 Å². The van der Waals surface area contributed by atoms with Crippen molar-refractivity contribution in [2.45, 2.75) is 19.3 Å². The van der Waals surface area contributed by atoms with Crippen LogP contribution in [0.2, 0.25) is 10.0 Å². The number of benzene rings is 1. The van der Waals surface area contributed by atoms with Crippen LogP contribution in [-0.2, 0) is 4.79 Å². The van der Waals surface area contributed by atoms with E-state index in [0.29, 0.717) is 11.4 Å². The zero-order valence-corrected chi connectivity index (χ0v) is 12.2. The first-order valence-corrected chi connectivity index (χ1v) is 7.03. The lowest BCUT2D eigenvalue weighted by Crippen LogP contribution is -2.42. The van der Waals surface area contributed by atoms with Crippen LogP contribution in [-0.4, -0.2) is 11.8 Å². The summed E-state index contributed by atoms with van der Waals surface area (Å²) in [6.07, 6.45) is 6.42. The molecule has 1 aromatic rings. The van der Waals surface area contributed by atoms with E-state index in [1.807, 2.05) is 6.08 Å². The van der Waals surface area contributed by atoms with Crippen molar-refractivity contribution >= 4 is 35.0 Å². The Morgan fingerprint density at radius 1 is 1.25 bits per heavy atom. The zero-order valence-electron chi connectivity index (χ0n) is 10.7. The minimum Gasteiger partial charge on any atom is -0.273 e. The molecule has 0 radical (unpaired) electrons. The number of hydrazine groups is 1. The molecule has 1 aliphatic rings. The van der Waals surface area contributed by atoms with Crippen molar-refractivity contribution in [2.24, 2.45) is 5.92 Å². The number of carbonyl (C=O) groups excluding carboxylic acids is 2. The zero-order chi connectivity index (χ0) is 14.5. The summed E-state index contributed by atoms with van der Waals surface area (Å²) < 4.78 is 0. The molecule has 0 bridgehead atoms.